The molecule has 15 heavy (non-hydrogen) atoms. The van der Waals surface area contributed by atoms with E-state index in [4.69, 9.17) is 23.6 Å². The lowest BCUT2D eigenvalue weighted by atomic mass is 10.7. The van der Waals surface area contributed by atoms with Gasteiger partial charge in [0.05, 0.1) is 4.90 Å². The van der Waals surface area contributed by atoms with Gasteiger partial charge in [-0.25, -0.2) is 8.42 Å². The van der Waals surface area contributed by atoms with Crippen LogP contribution < -0.4 is 0 Å². The predicted molar refractivity (Wildman–Crippen MR) is 61.2 cm³/mol. The molecule has 0 aliphatic carbocycles. The molecule has 0 bridgehead atoms. The van der Waals surface area contributed by atoms with E-state index in [0.29, 0.717) is 0 Å². The predicted octanol–water partition coefficient (Wildman–Crippen LogP) is 1.80. The average Bonchev–Trinajstić information content (AvgIpc) is 2.55. The lowest BCUT2D eigenvalue weighted by Crippen LogP contribution is -2.22. The first-order valence-corrected chi connectivity index (χ1v) is 8.00. The summed E-state index contributed by atoms with van der Waals surface area (Å²) < 4.78 is 44.6. The summed E-state index contributed by atoms with van der Waals surface area (Å²) >= 11 is 10.9. The third-order valence-electron chi connectivity index (χ3n) is 1.23. The highest BCUT2D eigenvalue weighted by Gasteiger charge is 2.37. The summed E-state index contributed by atoms with van der Waals surface area (Å²) in [6.45, 7) is 0. The number of hydrogen-bond acceptors (Lipinski definition) is 5. The molecule has 0 saturated carbocycles. The first kappa shape index (κ1) is 15.4. The molecule has 1 aromatic rings. The van der Waals surface area contributed by atoms with E-state index in [1.165, 1.54) is 10.8 Å². The minimum atomic E-state index is -4.76. The Labute approximate surface area is 107 Å². The largest absolute Gasteiger partial charge is 0.351 e. The van der Waals surface area contributed by atoms with Gasteiger partial charge in [0.15, 0.2) is 0 Å². The van der Waals surface area contributed by atoms with Crippen LogP contribution in [0.25, 0.3) is 0 Å². The molecule has 1 heterocycles. The Morgan fingerprint density at radius 1 is 1.20 bits per heavy atom. The quantitative estimate of drug-likeness (QED) is 0.625. The molecule has 0 atom stereocenters. The molecule has 0 unspecified atom stereocenters. The van der Waals surface area contributed by atoms with Crippen LogP contribution in [0.15, 0.2) is 21.7 Å². The second kappa shape index (κ2) is 5.17. The zero-order valence-corrected chi connectivity index (χ0v) is 11.5. The summed E-state index contributed by atoms with van der Waals surface area (Å²) in [4.78, 5) is -0.353. The Balaban J connectivity index is 0.00000196. The van der Waals surface area contributed by atoms with Gasteiger partial charge in [0.25, 0.3) is 8.87 Å². The lowest BCUT2D eigenvalue weighted by Gasteiger charge is -2.04. The van der Waals surface area contributed by atoms with Crippen molar-refractivity contribution in [3.8, 4) is 0 Å². The second-order valence-corrected chi connectivity index (χ2v) is 9.25. The Hall–Kier alpha value is 0.430. The minimum absolute atomic E-state index is 0. The monoisotopic (exact) mass is 331 g/mol. The highest BCUT2D eigenvalue weighted by molar-refractivity contribution is 8.66. The highest BCUT2D eigenvalue weighted by Crippen LogP contribution is 2.24. The maximum absolute atomic E-state index is 11.4. The molecule has 0 saturated heterocycles. The fourth-order valence-electron chi connectivity index (χ4n) is 0.590. The fraction of sp³-hybridized carbons (Fsp3) is 0. The molecule has 0 fully saturated rings. The first-order chi connectivity index (χ1) is 6.30. The summed E-state index contributed by atoms with van der Waals surface area (Å²) in [7, 11) is -9.31. The van der Waals surface area contributed by atoms with Crippen molar-refractivity contribution in [1.29, 1.82) is 0 Å². The van der Waals surface area contributed by atoms with E-state index in [2.05, 4.69) is 0 Å². The van der Waals surface area contributed by atoms with Gasteiger partial charge in [0, 0.05) is 28.9 Å². The van der Waals surface area contributed by atoms with E-state index < -0.39 is 17.9 Å². The summed E-state index contributed by atoms with van der Waals surface area (Å²) in [6.07, 6.45) is 0. The third kappa shape index (κ3) is 2.76. The average molecular weight is 333 g/mol. The summed E-state index contributed by atoms with van der Waals surface area (Å²) in [5, 5.41) is 2.60. The first-order valence-electron chi connectivity index (χ1n) is 2.94. The molecule has 5 nitrogen and oxygen atoms in total. The molecule has 88 valence electrons. The molecule has 0 N–H and O–H groups in total. The molecule has 0 radical (unpaired) electrons. The van der Waals surface area contributed by atoms with Gasteiger partial charge in [-0.3, -0.25) is 0 Å². The highest BCUT2D eigenvalue weighted by atomic mass is 35.5. The third-order valence-corrected chi connectivity index (χ3v) is 8.06. The summed E-state index contributed by atoms with van der Waals surface area (Å²) in [5.74, 6) is 0. The fourth-order valence-corrected chi connectivity index (χ4v) is 5.49. The van der Waals surface area contributed by atoms with Crippen LogP contribution in [0, 0.1) is 0 Å². The van der Waals surface area contributed by atoms with Crippen LogP contribution in [0.4, 0.5) is 0 Å². The molecule has 0 aliphatic heterocycles. The van der Waals surface area contributed by atoms with Crippen molar-refractivity contribution in [2.75, 3.05) is 0 Å². The SMILES string of the molecule is Cl.O=S(=O)(c1ccsc1)S(=O)(=O)N(Cl)Cl. The molecule has 1 aromatic heterocycles. The van der Waals surface area contributed by atoms with E-state index in [9.17, 15) is 16.8 Å². The number of rotatable bonds is 3. The Kier molecular flexibility index (Phi) is 5.32. The van der Waals surface area contributed by atoms with Crippen molar-refractivity contribution >= 4 is 65.2 Å². The van der Waals surface area contributed by atoms with E-state index in [1.807, 2.05) is 0 Å². The van der Waals surface area contributed by atoms with E-state index in [-0.39, 0.29) is 20.6 Å². The lowest BCUT2D eigenvalue weighted by molar-refractivity contribution is 0.572. The van der Waals surface area contributed by atoms with Gasteiger partial charge >= 0.3 is 9.06 Å². The van der Waals surface area contributed by atoms with Crippen molar-refractivity contribution in [3.63, 3.8) is 0 Å². The second-order valence-electron chi connectivity index (χ2n) is 2.04. The minimum Gasteiger partial charge on any atom is -0.206 e. The number of thiophene rings is 1. The standard InChI is InChI=1S/C4H3Cl2NO4S3.ClH/c5-7(6)14(10,11)13(8,9)4-1-2-12-3-4;/h1-3H;1H. The Bertz CT molecular complexity index is 505. The van der Waals surface area contributed by atoms with E-state index >= 15 is 0 Å². The smallest absolute Gasteiger partial charge is 0.206 e. The van der Waals surface area contributed by atoms with Gasteiger partial charge < -0.3 is 0 Å². The van der Waals surface area contributed by atoms with Crippen molar-refractivity contribution in [2.24, 2.45) is 0 Å². The van der Waals surface area contributed by atoms with Gasteiger partial charge in [0.1, 0.15) is 0 Å². The molecule has 11 heteroatoms. The van der Waals surface area contributed by atoms with Crippen molar-refractivity contribution in [1.82, 2.24) is 3.34 Å². The summed E-state index contributed by atoms with van der Waals surface area (Å²) in [6, 6.07) is 1.15. The van der Waals surface area contributed by atoms with Crippen LogP contribution in [0.5, 0.6) is 0 Å². The van der Waals surface area contributed by atoms with Crippen LogP contribution in [0.1, 0.15) is 0 Å². The van der Waals surface area contributed by atoms with Crippen LogP contribution in [-0.4, -0.2) is 20.2 Å². The molecular weight excluding hydrogens is 329 g/mol. The topological polar surface area (TPSA) is 71.5 Å². The van der Waals surface area contributed by atoms with Crippen molar-refractivity contribution in [3.05, 3.63) is 16.8 Å². The van der Waals surface area contributed by atoms with Gasteiger partial charge in [0.2, 0.25) is 0 Å². The zero-order valence-electron chi connectivity index (χ0n) is 6.70. The van der Waals surface area contributed by atoms with E-state index in [0.717, 1.165) is 17.4 Å². The number of nitrogens with zero attached hydrogens (tertiary/aromatic N) is 1. The van der Waals surface area contributed by atoms with Gasteiger partial charge in [-0.1, -0.05) is 0 Å². The molecule has 0 spiro atoms. The maximum atomic E-state index is 11.4. The summed E-state index contributed by atoms with van der Waals surface area (Å²) in [5.41, 5.74) is 0. The van der Waals surface area contributed by atoms with Crippen LogP contribution in [0.2, 0.25) is 0 Å². The molecule has 0 aromatic carbocycles. The van der Waals surface area contributed by atoms with E-state index in [1.54, 1.807) is 0 Å². The maximum Gasteiger partial charge on any atom is 0.351 e. The molecule has 0 amide bonds. The van der Waals surface area contributed by atoms with Crippen molar-refractivity contribution < 1.29 is 16.8 Å². The Morgan fingerprint density at radius 3 is 2.07 bits per heavy atom. The van der Waals surface area contributed by atoms with Gasteiger partial charge in [-0.05, 0) is 14.8 Å². The molecule has 0 aliphatic rings. The van der Waals surface area contributed by atoms with Crippen molar-refractivity contribution in [2.45, 2.75) is 4.90 Å². The van der Waals surface area contributed by atoms with Crippen LogP contribution in [-0.2, 0) is 17.9 Å². The molecule has 1 rings (SSSR count). The normalized spacial score (nSPS) is 12.5. The van der Waals surface area contributed by atoms with Gasteiger partial charge in [-0.2, -0.15) is 19.8 Å². The number of hydrogen-bond donors (Lipinski definition) is 0. The Morgan fingerprint density at radius 2 is 1.73 bits per heavy atom. The zero-order chi connectivity index (χ0) is 11.0. The number of halogens is 3. The molecular formula is C4H4Cl3NO4S3. The van der Waals surface area contributed by atoms with Gasteiger partial charge in [-0.15, -0.1) is 12.4 Å². The van der Waals surface area contributed by atoms with Crippen LogP contribution >= 0.6 is 47.3 Å². The van der Waals surface area contributed by atoms with Crippen LogP contribution in [0.3, 0.4) is 0 Å².